The van der Waals surface area contributed by atoms with Crippen molar-refractivity contribution >= 4 is 39.3 Å². The van der Waals surface area contributed by atoms with Crippen LogP contribution in [0.4, 0.5) is 5.69 Å². The molecule has 0 N–H and O–H groups in total. The van der Waals surface area contributed by atoms with E-state index in [-0.39, 0.29) is 11.8 Å². The summed E-state index contributed by atoms with van der Waals surface area (Å²) in [5.41, 5.74) is 19.7. The van der Waals surface area contributed by atoms with E-state index in [0.717, 1.165) is 55.2 Å². The topological polar surface area (TPSA) is 42.3 Å². The van der Waals surface area contributed by atoms with E-state index in [0.29, 0.717) is 22.5 Å². The molecule has 0 saturated carbocycles. The predicted molar refractivity (Wildman–Crippen MR) is 249 cm³/mol. The van der Waals surface area contributed by atoms with E-state index in [1.165, 1.54) is 49.4 Å². The highest BCUT2D eigenvalue weighted by Gasteiger charge is 2.40. The number of amides is 2. The molecule has 0 saturated heterocycles. The predicted octanol–water partition coefficient (Wildman–Crippen LogP) is 14.1. The molecule has 10 rings (SSSR count). The fourth-order valence-corrected chi connectivity index (χ4v) is 9.92. The van der Waals surface area contributed by atoms with Gasteiger partial charge in [-0.25, -0.2) is 4.90 Å². The van der Waals surface area contributed by atoms with Gasteiger partial charge >= 0.3 is 0 Å². The first-order valence-electron chi connectivity index (χ1n) is 20.6. The highest BCUT2D eigenvalue weighted by molar-refractivity contribution is 6.36. The quantitative estimate of drug-likeness (QED) is 0.158. The smallest absolute Gasteiger partial charge is 0.268 e. The average molecular weight is 777 g/mol. The molecule has 1 aliphatic rings. The summed E-state index contributed by atoms with van der Waals surface area (Å²) in [5.74, 6) is -0.673. The Labute approximate surface area is 351 Å². The zero-order chi connectivity index (χ0) is 41.4. The van der Waals surface area contributed by atoms with Gasteiger partial charge in [0.25, 0.3) is 11.8 Å². The van der Waals surface area contributed by atoms with Gasteiger partial charge in [0.15, 0.2) is 0 Å². The third-order valence-electron chi connectivity index (χ3n) is 12.3. The van der Waals surface area contributed by atoms with Crippen LogP contribution in [-0.4, -0.2) is 16.4 Å². The molecule has 9 aromatic rings. The lowest BCUT2D eigenvalue weighted by Gasteiger charge is -2.20. The van der Waals surface area contributed by atoms with Gasteiger partial charge < -0.3 is 4.57 Å². The molecule has 0 bridgehead atoms. The summed E-state index contributed by atoms with van der Waals surface area (Å²) < 4.78 is 2.22. The van der Waals surface area contributed by atoms with Crippen molar-refractivity contribution < 1.29 is 9.59 Å². The number of hydrogen-bond donors (Lipinski definition) is 0. The lowest BCUT2D eigenvalue weighted by atomic mass is 9.92. The number of nitrogens with zero attached hydrogens (tertiary/aromatic N) is 2. The second-order valence-corrected chi connectivity index (χ2v) is 16.5. The standard InChI is InChI=1S/C56H44N2O2/c1-33-26-35(3)52(36(4)27-33)42-20-23-44-45-24-21-43(53-37(5)28-34(2)29-38(53)6)32-51(45)57(50(44)31-42)49-19-13-18-46-54(49)56(60)58(55(46)59)48-25-22-41(39-14-9-7-10-15-39)30-47(48)40-16-11-8-12-17-40/h7-32H,1-6H3. The molecule has 4 heteroatoms. The van der Waals surface area contributed by atoms with Crippen molar-refractivity contribution in [1.82, 2.24) is 4.57 Å². The number of rotatable bonds is 6. The first-order valence-corrected chi connectivity index (χ1v) is 20.6. The van der Waals surface area contributed by atoms with Gasteiger partial charge in [-0.3, -0.25) is 9.59 Å². The third kappa shape index (κ3) is 5.90. The van der Waals surface area contributed by atoms with Crippen molar-refractivity contribution in [1.29, 1.82) is 0 Å². The van der Waals surface area contributed by atoms with Crippen molar-refractivity contribution in [2.24, 2.45) is 0 Å². The minimum Gasteiger partial charge on any atom is -0.308 e. The normalized spacial score (nSPS) is 12.5. The molecular weight excluding hydrogens is 733 g/mol. The van der Waals surface area contributed by atoms with Gasteiger partial charge in [-0.2, -0.15) is 0 Å². The Bertz CT molecular complexity index is 3080. The van der Waals surface area contributed by atoms with Crippen LogP contribution in [0.15, 0.2) is 158 Å². The molecule has 0 fully saturated rings. The van der Waals surface area contributed by atoms with E-state index in [9.17, 15) is 4.79 Å². The van der Waals surface area contributed by atoms with Crippen LogP contribution < -0.4 is 4.90 Å². The van der Waals surface area contributed by atoms with Gasteiger partial charge in [0.1, 0.15) is 0 Å². The van der Waals surface area contributed by atoms with Gasteiger partial charge in [-0.15, -0.1) is 0 Å². The number of carbonyl (C=O) groups excluding carboxylic acids is 2. The number of aromatic nitrogens is 1. The van der Waals surface area contributed by atoms with E-state index in [1.807, 2.05) is 72.8 Å². The van der Waals surface area contributed by atoms with Crippen LogP contribution in [0.5, 0.6) is 0 Å². The Hall–Kier alpha value is -7.30. The van der Waals surface area contributed by atoms with E-state index in [4.69, 9.17) is 0 Å². The van der Waals surface area contributed by atoms with E-state index in [2.05, 4.69) is 125 Å². The molecule has 4 nitrogen and oxygen atoms in total. The first kappa shape index (κ1) is 37.0. The van der Waals surface area contributed by atoms with E-state index >= 15 is 4.79 Å². The summed E-state index contributed by atoms with van der Waals surface area (Å²) in [6, 6.07) is 54.2. The second kappa shape index (κ2) is 14.2. The third-order valence-corrected chi connectivity index (χ3v) is 12.3. The van der Waals surface area contributed by atoms with E-state index in [1.54, 1.807) is 6.07 Å². The van der Waals surface area contributed by atoms with Crippen LogP contribution in [0.3, 0.4) is 0 Å². The molecule has 2 heterocycles. The molecule has 0 unspecified atom stereocenters. The Kier molecular flexibility index (Phi) is 8.76. The lowest BCUT2D eigenvalue weighted by molar-refractivity contribution is 0.0926. The lowest BCUT2D eigenvalue weighted by Crippen LogP contribution is -2.30. The Balaban J connectivity index is 1.21. The van der Waals surface area contributed by atoms with Crippen LogP contribution in [0.25, 0.3) is 72.0 Å². The molecule has 60 heavy (non-hydrogen) atoms. The number of fused-ring (bicyclic) bond motifs is 4. The summed E-state index contributed by atoms with van der Waals surface area (Å²) >= 11 is 0. The molecule has 1 aliphatic heterocycles. The highest BCUT2D eigenvalue weighted by atomic mass is 16.2. The number of carbonyl (C=O) groups is 2. The zero-order valence-electron chi connectivity index (χ0n) is 34.7. The summed E-state index contributed by atoms with van der Waals surface area (Å²) in [6.45, 7) is 13.0. The second-order valence-electron chi connectivity index (χ2n) is 16.5. The van der Waals surface area contributed by atoms with Crippen LogP contribution in [0.1, 0.15) is 54.1 Å². The van der Waals surface area contributed by atoms with Crippen molar-refractivity contribution in [3.8, 4) is 50.2 Å². The fraction of sp³-hybridized carbons (Fsp3) is 0.107. The van der Waals surface area contributed by atoms with Crippen molar-refractivity contribution in [3.05, 3.63) is 202 Å². The van der Waals surface area contributed by atoms with Gasteiger partial charge in [-0.05, 0) is 139 Å². The summed E-state index contributed by atoms with van der Waals surface area (Å²) in [5, 5.41) is 2.16. The summed E-state index contributed by atoms with van der Waals surface area (Å²) in [7, 11) is 0. The van der Waals surface area contributed by atoms with E-state index < -0.39 is 0 Å². The first-order chi connectivity index (χ1) is 29.1. The van der Waals surface area contributed by atoms with Gasteiger partial charge in [-0.1, -0.05) is 132 Å². The summed E-state index contributed by atoms with van der Waals surface area (Å²) in [6.07, 6.45) is 0. The number of benzene rings is 8. The molecule has 290 valence electrons. The van der Waals surface area contributed by atoms with Crippen molar-refractivity contribution in [2.45, 2.75) is 41.5 Å². The number of anilines is 1. The molecule has 0 aliphatic carbocycles. The van der Waals surface area contributed by atoms with Crippen LogP contribution in [-0.2, 0) is 0 Å². The molecule has 2 amide bonds. The zero-order valence-corrected chi connectivity index (χ0v) is 34.7. The minimum atomic E-state index is -0.340. The average Bonchev–Trinajstić information content (AvgIpc) is 3.69. The van der Waals surface area contributed by atoms with Crippen molar-refractivity contribution in [2.75, 3.05) is 4.90 Å². The highest BCUT2D eigenvalue weighted by Crippen LogP contribution is 2.44. The molecule has 0 atom stereocenters. The SMILES string of the molecule is Cc1cc(C)c(-c2ccc3c4ccc(-c5c(C)cc(C)cc5C)cc4n(-c4cccc5c4C(=O)N(c4ccc(-c6ccccc6)cc4-c4ccccc4)C5=O)c3c2)c(C)c1. The largest absolute Gasteiger partial charge is 0.308 e. The van der Waals surface area contributed by atoms with Gasteiger partial charge in [0.2, 0.25) is 0 Å². The maximum Gasteiger partial charge on any atom is 0.268 e. The fourth-order valence-electron chi connectivity index (χ4n) is 9.92. The van der Waals surface area contributed by atoms with Crippen LogP contribution >= 0.6 is 0 Å². The molecular formula is C56H44N2O2. The van der Waals surface area contributed by atoms with Gasteiger partial charge in [0, 0.05) is 16.3 Å². The van der Waals surface area contributed by atoms with Crippen molar-refractivity contribution in [3.63, 3.8) is 0 Å². The minimum absolute atomic E-state index is 0.333. The Morgan fingerprint density at radius 3 is 1.38 bits per heavy atom. The maximum absolute atomic E-state index is 15.2. The Morgan fingerprint density at radius 2 is 0.850 bits per heavy atom. The molecule has 1 aromatic heterocycles. The van der Waals surface area contributed by atoms with Gasteiger partial charge in [0.05, 0.1) is 33.5 Å². The molecule has 0 radical (unpaired) electrons. The van der Waals surface area contributed by atoms with Crippen LogP contribution in [0, 0.1) is 41.5 Å². The number of aryl methyl sites for hydroxylation is 6. The number of hydrogen-bond acceptors (Lipinski definition) is 2. The maximum atomic E-state index is 15.2. The number of imide groups is 1. The molecule has 0 spiro atoms. The van der Waals surface area contributed by atoms with Crippen LogP contribution in [0.2, 0.25) is 0 Å². The Morgan fingerprint density at radius 1 is 0.350 bits per heavy atom. The monoisotopic (exact) mass is 776 g/mol. The summed E-state index contributed by atoms with van der Waals surface area (Å²) in [4.78, 5) is 31.4. The molecule has 8 aromatic carbocycles.